The van der Waals surface area contributed by atoms with E-state index in [9.17, 15) is 14.7 Å². The summed E-state index contributed by atoms with van der Waals surface area (Å²) < 4.78 is 1.19. The van der Waals surface area contributed by atoms with Crippen molar-refractivity contribution in [3.05, 3.63) is 70.6 Å². The Morgan fingerprint density at radius 1 is 1.04 bits per heavy atom. The highest BCUT2D eigenvalue weighted by atomic mass is 32.1. The van der Waals surface area contributed by atoms with E-state index in [2.05, 4.69) is 23.5 Å². The first-order valence-corrected chi connectivity index (χ1v) is 9.42. The third kappa shape index (κ3) is 3.10. The van der Waals surface area contributed by atoms with Crippen LogP contribution < -0.4 is 5.32 Å². The van der Waals surface area contributed by atoms with Crippen molar-refractivity contribution >= 4 is 33.3 Å². The third-order valence-corrected chi connectivity index (χ3v) is 6.16. The van der Waals surface area contributed by atoms with Gasteiger partial charge in [-0.25, -0.2) is 0 Å². The Labute approximate surface area is 155 Å². The van der Waals surface area contributed by atoms with Crippen LogP contribution >= 0.6 is 11.3 Å². The molecule has 1 aliphatic carbocycles. The lowest BCUT2D eigenvalue weighted by molar-refractivity contribution is -0.145. The summed E-state index contributed by atoms with van der Waals surface area (Å²) in [5.74, 6) is -1.11. The number of nitrogens with one attached hydrogen (secondary N) is 1. The predicted octanol–water partition coefficient (Wildman–Crippen LogP) is 3.78. The van der Waals surface area contributed by atoms with Crippen LogP contribution in [0.5, 0.6) is 0 Å². The molecular weight excluding hydrogens is 346 g/mol. The first-order chi connectivity index (χ1) is 12.6. The second-order valence-corrected chi connectivity index (χ2v) is 8.07. The molecule has 4 nitrogen and oxygen atoms in total. The quantitative estimate of drug-likeness (QED) is 0.723. The van der Waals surface area contributed by atoms with Crippen LogP contribution in [0.1, 0.15) is 22.4 Å². The maximum atomic E-state index is 13.0. The van der Waals surface area contributed by atoms with Gasteiger partial charge in [0.2, 0.25) is 5.91 Å². The molecule has 1 aliphatic rings. The number of aliphatic carboxylic acids is 1. The predicted molar refractivity (Wildman–Crippen MR) is 102 cm³/mol. The summed E-state index contributed by atoms with van der Waals surface area (Å²) in [6.45, 7) is 0.426. The van der Waals surface area contributed by atoms with Gasteiger partial charge in [0.15, 0.2) is 0 Å². The number of fused-ring (bicyclic) bond motifs is 2. The molecule has 26 heavy (non-hydrogen) atoms. The molecule has 2 N–H and O–H groups in total. The standard InChI is InChI=1S/C21H19NO3S/c23-19(24)12-21(10-15-6-1-2-7-16(15)11-21)20(25)22-13-17-9-14-5-3-4-8-18(14)26-17/h1-9H,10-13H2,(H,22,25)(H,23,24). The van der Waals surface area contributed by atoms with Gasteiger partial charge in [0.1, 0.15) is 0 Å². The van der Waals surface area contributed by atoms with E-state index in [1.807, 2.05) is 36.4 Å². The van der Waals surface area contributed by atoms with Crippen LogP contribution in [0.3, 0.4) is 0 Å². The number of carboxylic acids is 1. The molecule has 0 atom stereocenters. The van der Waals surface area contributed by atoms with Crippen molar-refractivity contribution in [3.8, 4) is 0 Å². The highest BCUT2D eigenvalue weighted by Crippen LogP contribution is 2.40. The van der Waals surface area contributed by atoms with Gasteiger partial charge in [-0.15, -0.1) is 11.3 Å². The van der Waals surface area contributed by atoms with E-state index in [0.717, 1.165) is 21.4 Å². The molecular formula is C21H19NO3S. The summed E-state index contributed by atoms with van der Waals surface area (Å²) >= 11 is 1.65. The van der Waals surface area contributed by atoms with Crippen molar-refractivity contribution in [1.29, 1.82) is 0 Å². The van der Waals surface area contributed by atoms with Crippen LogP contribution in [0.25, 0.3) is 10.1 Å². The normalized spacial score (nSPS) is 14.9. The van der Waals surface area contributed by atoms with Crippen molar-refractivity contribution in [2.45, 2.75) is 25.8 Å². The van der Waals surface area contributed by atoms with Crippen molar-refractivity contribution in [1.82, 2.24) is 5.32 Å². The Morgan fingerprint density at radius 2 is 1.69 bits per heavy atom. The first-order valence-electron chi connectivity index (χ1n) is 8.60. The number of thiophene rings is 1. The Morgan fingerprint density at radius 3 is 2.35 bits per heavy atom. The zero-order valence-electron chi connectivity index (χ0n) is 14.2. The second-order valence-electron chi connectivity index (χ2n) is 6.91. The van der Waals surface area contributed by atoms with Gasteiger partial charge < -0.3 is 10.4 Å². The van der Waals surface area contributed by atoms with Crippen molar-refractivity contribution in [2.24, 2.45) is 5.41 Å². The first kappa shape index (κ1) is 16.8. The highest BCUT2D eigenvalue weighted by Gasteiger charge is 2.45. The molecule has 1 amide bonds. The molecule has 2 aromatic carbocycles. The van der Waals surface area contributed by atoms with E-state index >= 15 is 0 Å². The largest absolute Gasteiger partial charge is 0.481 e. The third-order valence-electron chi connectivity index (χ3n) is 5.05. The summed E-state index contributed by atoms with van der Waals surface area (Å²) in [6, 6.07) is 18.0. The SMILES string of the molecule is O=C(O)CC1(C(=O)NCc2cc3ccccc3s2)Cc2ccccc2C1. The van der Waals surface area contributed by atoms with Crippen LogP contribution in [0, 0.1) is 5.41 Å². The van der Waals surface area contributed by atoms with Gasteiger partial charge in [-0.3, -0.25) is 9.59 Å². The van der Waals surface area contributed by atoms with E-state index in [1.54, 1.807) is 11.3 Å². The summed E-state index contributed by atoms with van der Waals surface area (Å²) in [4.78, 5) is 25.5. The molecule has 1 aromatic heterocycles. The average molecular weight is 365 g/mol. The molecule has 1 heterocycles. The monoisotopic (exact) mass is 365 g/mol. The zero-order valence-corrected chi connectivity index (χ0v) is 15.0. The minimum absolute atomic E-state index is 0.153. The minimum atomic E-state index is -0.935. The summed E-state index contributed by atoms with van der Waals surface area (Å²) in [5.41, 5.74) is 1.25. The molecule has 5 heteroatoms. The fraction of sp³-hybridized carbons (Fsp3) is 0.238. The molecule has 3 aromatic rings. The molecule has 0 bridgehead atoms. The van der Waals surface area contributed by atoms with Crippen molar-refractivity contribution < 1.29 is 14.7 Å². The fourth-order valence-electron chi connectivity index (χ4n) is 3.83. The van der Waals surface area contributed by atoms with Gasteiger partial charge in [0, 0.05) is 9.58 Å². The van der Waals surface area contributed by atoms with Crippen LogP contribution in [-0.2, 0) is 29.0 Å². The lowest BCUT2D eigenvalue weighted by Crippen LogP contribution is -2.42. The van der Waals surface area contributed by atoms with Gasteiger partial charge in [-0.1, -0.05) is 42.5 Å². The van der Waals surface area contributed by atoms with Gasteiger partial charge in [0.25, 0.3) is 0 Å². The number of hydrogen-bond donors (Lipinski definition) is 2. The van der Waals surface area contributed by atoms with Crippen LogP contribution in [-0.4, -0.2) is 17.0 Å². The Bertz CT molecular complexity index is 934. The van der Waals surface area contributed by atoms with Gasteiger partial charge in [0.05, 0.1) is 18.4 Å². The Hall–Kier alpha value is -2.66. The minimum Gasteiger partial charge on any atom is -0.481 e. The summed E-state index contributed by atoms with van der Waals surface area (Å²) in [7, 11) is 0. The van der Waals surface area contributed by atoms with E-state index in [1.165, 1.54) is 4.70 Å². The van der Waals surface area contributed by atoms with E-state index < -0.39 is 11.4 Å². The van der Waals surface area contributed by atoms with Crippen LogP contribution in [0.2, 0.25) is 0 Å². The number of carbonyl (C=O) groups excluding carboxylic acids is 1. The Kier molecular flexibility index (Phi) is 4.24. The molecule has 0 spiro atoms. The molecule has 132 valence electrons. The fourth-order valence-corrected chi connectivity index (χ4v) is 4.83. The van der Waals surface area contributed by atoms with Crippen LogP contribution in [0.4, 0.5) is 0 Å². The maximum Gasteiger partial charge on any atom is 0.304 e. The number of carboxylic acid groups (broad SMARTS) is 1. The van der Waals surface area contributed by atoms with E-state index in [0.29, 0.717) is 19.4 Å². The molecule has 0 aliphatic heterocycles. The number of rotatable bonds is 5. The van der Waals surface area contributed by atoms with E-state index in [4.69, 9.17) is 0 Å². The molecule has 0 radical (unpaired) electrons. The smallest absolute Gasteiger partial charge is 0.304 e. The van der Waals surface area contributed by atoms with Gasteiger partial charge in [-0.05, 0) is 41.5 Å². The van der Waals surface area contributed by atoms with Gasteiger partial charge >= 0.3 is 5.97 Å². The number of benzene rings is 2. The second kappa shape index (κ2) is 6.57. The Balaban J connectivity index is 1.53. The lowest BCUT2D eigenvalue weighted by Gasteiger charge is -2.25. The topological polar surface area (TPSA) is 66.4 Å². The molecule has 4 rings (SSSR count). The maximum absolute atomic E-state index is 13.0. The van der Waals surface area contributed by atoms with Crippen molar-refractivity contribution in [3.63, 3.8) is 0 Å². The molecule has 0 fully saturated rings. The molecule has 0 saturated carbocycles. The highest BCUT2D eigenvalue weighted by molar-refractivity contribution is 7.19. The molecule has 0 unspecified atom stereocenters. The van der Waals surface area contributed by atoms with Crippen molar-refractivity contribution in [2.75, 3.05) is 0 Å². The van der Waals surface area contributed by atoms with Crippen LogP contribution in [0.15, 0.2) is 54.6 Å². The average Bonchev–Trinajstić information content (AvgIpc) is 3.19. The summed E-state index contributed by atoms with van der Waals surface area (Å²) in [6.07, 6.45) is 0.807. The number of amides is 1. The number of hydrogen-bond acceptors (Lipinski definition) is 3. The van der Waals surface area contributed by atoms with Gasteiger partial charge in [-0.2, -0.15) is 0 Å². The summed E-state index contributed by atoms with van der Waals surface area (Å²) in [5, 5.41) is 13.5. The molecule has 0 saturated heterocycles. The zero-order chi connectivity index (χ0) is 18.1. The lowest BCUT2D eigenvalue weighted by atomic mass is 9.80. The number of carbonyl (C=O) groups is 2. The van der Waals surface area contributed by atoms with E-state index in [-0.39, 0.29) is 12.3 Å².